The van der Waals surface area contributed by atoms with E-state index in [1.165, 1.54) is 24.2 Å². The van der Waals surface area contributed by atoms with Crippen LogP contribution in [0.15, 0.2) is 29.2 Å². The molecule has 1 fully saturated rings. The minimum Gasteiger partial charge on any atom is -0.381 e. The molecule has 0 radical (unpaired) electrons. The van der Waals surface area contributed by atoms with Crippen molar-refractivity contribution in [1.82, 2.24) is 0 Å². The standard InChI is InChI=1S/C14H18O2S/c1-16-12-3-2-4-14(9-12)17-13-7-5-11(10-15)6-8-13/h5-8,10,12,14H,2-4,9H2,1H3. The lowest BCUT2D eigenvalue weighted by atomic mass is 9.97. The van der Waals surface area contributed by atoms with E-state index in [0.717, 1.165) is 18.3 Å². The lowest BCUT2D eigenvalue weighted by Gasteiger charge is -2.27. The van der Waals surface area contributed by atoms with Crippen molar-refractivity contribution in [2.24, 2.45) is 0 Å². The van der Waals surface area contributed by atoms with Gasteiger partial charge in [0.15, 0.2) is 0 Å². The largest absolute Gasteiger partial charge is 0.381 e. The van der Waals surface area contributed by atoms with Gasteiger partial charge in [-0.2, -0.15) is 0 Å². The molecule has 0 bridgehead atoms. The van der Waals surface area contributed by atoms with E-state index in [9.17, 15) is 4.79 Å². The first-order valence-corrected chi connectivity index (χ1v) is 6.94. The maximum Gasteiger partial charge on any atom is 0.150 e. The maximum atomic E-state index is 10.6. The fourth-order valence-corrected chi connectivity index (χ4v) is 3.51. The van der Waals surface area contributed by atoms with Crippen molar-refractivity contribution in [1.29, 1.82) is 0 Å². The molecule has 1 aromatic carbocycles. The third-order valence-electron chi connectivity index (χ3n) is 3.23. The van der Waals surface area contributed by atoms with Crippen molar-refractivity contribution in [3.05, 3.63) is 29.8 Å². The predicted octanol–water partition coefficient (Wildman–Crippen LogP) is 3.55. The second-order valence-corrected chi connectivity index (χ2v) is 5.82. The molecular formula is C14H18O2S. The van der Waals surface area contributed by atoms with E-state index in [4.69, 9.17) is 4.74 Å². The molecule has 1 saturated carbocycles. The summed E-state index contributed by atoms with van der Waals surface area (Å²) in [5.41, 5.74) is 0.743. The zero-order chi connectivity index (χ0) is 12.1. The summed E-state index contributed by atoms with van der Waals surface area (Å²) in [6.45, 7) is 0. The van der Waals surface area contributed by atoms with Crippen molar-refractivity contribution < 1.29 is 9.53 Å². The molecule has 0 saturated heterocycles. The molecule has 2 nitrogen and oxygen atoms in total. The molecule has 92 valence electrons. The summed E-state index contributed by atoms with van der Waals surface area (Å²) in [6, 6.07) is 7.83. The van der Waals surface area contributed by atoms with Gasteiger partial charge >= 0.3 is 0 Å². The minimum atomic E-state index is 0.426. The van der Waals surface area contributed by atoms with E-state index in [-0.39, 0.29) is 0 Å². The van der Waals surface area contributed by atoms with Gasteiger partial charge in [0.1, 0.15) is 6.29 Å². The molecule has 2 atom stereocenters. The Morgan fingerprint density at radius 2 is 2.06 bits per heavy atom. The second kappa shape index (κ2) is 6.22. The van der Waals surface area contributed by atoms with Crippen molar-refractivity contribution in [3.63, 3.8) is 0 Å². The minimum absolute atomic E-state index is 0.426. The molecule has 0 heterocycles. The van der Waals surface area contributed by atoms with Gasteiger partial charge in [0.2, 0.25) is 0 Å². The Morgan fingerprint density at radius 3 is 2.71 bits per heavy atom. The van der Waals surface area contributed by atoms with E-state index in [2.05, 4.69) is 0 Å². The lowest BCUT2D eigenvalue weighted by Crippen LogP contribution is -2.23. The number of thioether (sulfide) groups is 1. The molecule has 1 aromatic rings. The van der Waals surface area contributed by atoms with Gasteiger partial charge in [0.05, 0.1) is 6.10 Å². The fourth-order valence-electron chi connectivity index (χ4n) is 2.24. The summed E-state index contributed by atoms with van der Waals surface area (Å²) in [5, 5.41) is 0.649. The quantitative estimate of drug-likeness (QED) is 0.764. The number of methoxy groups -OCH3 is 1. The highest BCUT2D eigenvalue weighted by atomic mass is 32.2. The molecule has 2 unspecified atom stereocenters. The first-order valence-electron chi connectivity index (χ1n) is 6.06. The van der Waals surface area contributed by atoms with Crippen LogP contribution < -0.4 is 0 Å². The van der Waals surface area contributed by atoms with Gasteiger partial charge in [-0.05, 0) is 37.8 Å². The molecule has 1 aliphatic carbocycles. The van der Waals surface area contributed by atoms with Gasteiger partial charge in [0, 0.05) is 22.8 Å². The third kappa shape index (κ3) is 3.58. The molecule has 0 spiro atoms. The number of ether oxygens (including phenoxy) is 1. The molecule has 3 heteroatoms. The lowest BCUT2D eigenvalue weighted by molar-refractivity contribution is 0.0730. The molecule has 0 aliphatic heterocycles. The Balaban J connectivity index is 1.92. The van der Waals surface area contributed by atoms with Gasteiger partial charge in [0.25, 0.3) is 0 Å². The average molecular weight is 250 g/mol. The zero-order valence-electron chi connectivity index (χ0n) is 10.1. The molecule has 2 rings (SSSR count). The van der Waals surface area contributed by atoms with Crippen LogP contribution in [0.1, 0.15) is 36.0 Å². The van der Waals surface area contributed by atoms with Crippen molar-refractivity contribution >= 4 is 18.0 Å². The third-order valence-corrected chi connectivity index (χ3v) is 4.54. The van der Waals surface area contributed by atoms with Gasteiger partial charge in [-0.1, -0.05) is 12.1 Å². The maximum absolute atomic E-state index is 10.6. The van der Waals surface area contributed by atoms with Crippen molar-refractivity contribution in [3.8, 4) is 0 Å². The Labute approximate surface area is 107 Å². The molecule has 1 aliphatic rings. The van der Waals surface area contributed by atoms with Crippen LogP contribution in [0.3, 0.4) is 0 Å². The molecule has 0 amide bonds. The summed E-state index contributed by atoms with van der Waals surface area (Å²) < 4.78 is 5.44. The second-order valence-electron chi connectivity index (χ2n) is 4.45. The fraction of sp³-hybridized carbons (Fsp3) is 0.500. The predicted molar refractivity (Wildman–Crippen MR) is 70.7 cm³/mol. The number of benzene rings is 1. The normalized spacial score (nSPS) is 24.5. The Morgan fingerprint density at radius 1 is 1.29 bits per heavy atom. The Hall–Kier alpha value is -0.800. The number of rotatable bonds is 4. The van der Waals surface area contributed by atoms with E-state index >= 15 is 0 Å². The van der Waals surface area contributed by atoms with Crippen molar-refractivity contribution in [2.45, 2.75) is 41.9 Å². The Kier molecular flexibility index (Phi) is 4.63. The Bertz CT molecular complexity index is 361. The van der Waals surface area contributed by atoms with Crippen LogP contribution in [0.25, 0.3) is 0 Å². The van der Waals surface area contributed by atoms with Crippen molar-refractivity contribution in [2.75, 3.05) is 7.11 Å². The molecule has 0 N–H and O–H groups in total. The smallest absolute Gasteiger partial charge is 0.150 e. The van der Waals surface area contributed by atoms with Crippen LogP contribution in [0.4, 0.5) is 0 Å². The molecule has 0 aromatic heterocycles. The van der Waals surface area contributed by atoms with Gasteiger partial charge < -0.3 is 4.74 Å². The van der Waals surface area contributed by atoms with Crippen LogP contribution in [0.5, 0.6) is 0 Å². The highest BCUT2D eigenvalue weighted by Crippen LogP contribution is 2.34. The zero-order valence-corrected chi connectivity index (χ0v) is 10.9. The van der Waals surface area contributed by atoms with Gasteiger partial charge in [-0.3, -0.25) is 4.79 Å². The van der Waals surface area contributed by atoms with E-state index in [1.54, 1.807) is 7.11 Å². The summed E-state index contributed by atoms with van der Waals surface area (Å²) in [4.78, 5) is 11.8. The first kappa shape index (κ1) is 12.7. The number of carbonyl (C=O) groups is 1. The van der Waals surface area contributed by atoms with Gasteiger partial charge in [-0.15, -0.1) is 11.8 Å². The topological polar surface area (TPSA) is 26.3 Å². The van der Waals surface area contributed by atoms with Crippen LogP contribution in [0.2, 0.25) is 0 Å². The van der Waals surface area contributed by atoms with Gasteiger partial charge in [-0.25, -0.2) is 0 Å². The summed E-state index contributed by atoms with van der Waals surface area (Å²) >= 11 is 1.91. The monoisotopic (exact) mass is 250 g/mol. The summed E-state index contributed by atoms with van der Waals surface area (Å²) in [7, 11) is 1.80. The number of hydrogen-bond donors (Lipinski definition) is 0. The average Bonchev–Trinajstić information content (AvgIpc) is 2.40. The summed E-state index contributed by atoms with van der Waals surface area (Å²) in [5.74, 6) is 0. The summed E-state index contributed by atoms with van der Waals surface area (Å²) in [6.07, 6.45) is 6.16. The van der Waals surface area contributed by atoms with Crippen LogP contribution in [-0.4, -0.2) is 24.7 Å². The number of hydrogen-bond acceptors (Lipinski definition) is 3. The van der Waals surface area contributed by atoms with E-state index < -0.39 is 0 Å². The highest BCUT2D eigenvalue weighted by Gasteiger charge is 2.22. The van der Waals surface area contributed by atoms with Crippen LogP contribution in [0, 0.1) is 0 Å². The SMILES string of the molecule is COC1CCCC(Sc2ccc(C=O)cc2)C1. The number of carbonyl (C=O) groups excluding carboxylic acids is 1. The van der Waals surface area contributed by atoms with Crippen LogP contribution >= 0.6 is 11.8 Å². The molecular weight excluding hydrogens is 232 g/mol. The highest BCUT2D eigenvalue weighted by molar-refractivity contribution is 8.00. The first-order chi connectivity index (χ1) is 8.31. The van der Waals surface area contributed by atoms with E-state index in [1.807, 2.05) is 36.0 Å². The molecule has 17 heavy (non-hydrogen) atoms. The van der Waals surface area contributed by atoms with Crippen LogP contribution in [-0.2, 0) is 4.74 Å². The van der Waals surface area contributed by atoms with E-state index in [0.29, 0.717) is 11.4 Å². The number of aldehydes is 1.